The second-order valence-electron chi connectivity index (χ2n) is 14.0. The summed E-state index contributed by atoms with van der Waals surface area (Å²) in [5, 5.41) is 5.45. The summed E-state index contributed by atoms with van der Waals surface area (Å²) in [6, 6.07) is 33.9. The molecule has 0 spiro atoms. The van der Waals surface area contributed by atoms with E-state index < -0.39 is 0 Å². The number of hydrogen-bond acceptors (Lipinski definition) is 2. The maximum Gasteiger partial charge on any atom is 2.00 e. The minimum absolute atomic E-state index is 0. The van der Waals surface area contributed by atoms with Crippen LogP contribution in [-0.2, 0) is 19.5 Å². The first-order valence-corrected chi connectivity index (χ1v) is 18.5. The SMILES string of the molecule is C#Cc1ccc(/C2=C3\C=C[C@H]([N-]3)[C@@H](c3ccc(C#C)cc3)C3=N/C(=C(/c4ccc(C#C)cc4C)c4ccc([n-]4)/C(c4ccc(C#C)cc4)=C4/C=CC2=N4)C=C3)cc1.[Zn+2]. The first-order chi connectivity index (χ1) is 27.9. The van der Waals surface area contributed by atoms with Crippen molar-refractivity contribution in [3.63, 3.8) is 0 Å². The average Bonchev–Trinajstić information content (AvgIpc) is 4.10. The summed E-state index contributed by atoms with van der Waals surface area (Å²) in [4.78, 5) is 16.1. The van der Waals surface area contributed by atoms with Crippen LogP contribution >= 0.6 is 0 Å². The van der Waals surface area contributed by atoms with E-state index in [9.17, 15) is 0 Å². The molecule has 8 bridgehead atoms. The number of hydrogen-bond donors (Lipinski definition) is 0. The van der Waals surface area contributed by atoms with Gasteiger partial charge in [0.05, 0.1) is 17.1 Å². The van der Waals surface area contributed by atoms with Gasteiger partial charge in [0.25, 0.3) is 0 Å². The number of aryl methyl sites for hydroxylation is 1. The molecule has 9 rings (SSSR count). The Balaban J connectivity index is 0.00000469. The van der Waals surface area contributed by atoms with Crippen LogP contribution < -0.4 is 4.98 Å². The molecule has 58 heavy (non-hydrogen) atoms. The fraction of sp³-hybridized carbons (Fsp3) is 0.0566. The van der Waals surface area contributed by atoms with Crippen LogP contribution in [0.25, 0.3) is 22.0 Å². The minimum atomic E-state index is -0.276. The van der Waals surface area contributed by atoms with E-state index in [4.69, 9.17) is 46.0 Å². The molecule has 4 aliphatic rings. The van der Waals surface area contributed by atoms with E-state index in [1.165, 1.54) is 0 Å². The number of rotatable bonds is 4. The van der Waals surface area contributed by atoms with Gasteiger partial charge in [0, 0.05) is 33.9 Å². The Kier molecular flexibility index (Phi) is 10.1. The first kappa shape index (κ1) is 37.5. The van der Waals surface area contributed by atoms with Crippen molar-refractivity contribution in [2.24, 2.45) is 9.98 Å². The number of nitrogens with zero attached hydrogens (tertiary/aromatic N) is 4. The van der Waals surface area contributed by atoms with E-state index in [-0.39, 0.29) is 31.4 Å². The molecule has 0 fully saturated rings. The maximum absolute atomic E-state index is 5.82. The minimum Gasteiger partial charge on any atom is -0.677 e. The van der Waals surface area contributed by atoms with Gasteiger partial charge >= 0.3 is 19.5 Å². The van der Waals surface area contributed by atoms with E-state index in [2.05, 4.69) is 91.3 Å². The molecular formula is C53H32N4Zn. The van der Waals surface area contributed by atoms with Crippen molar-refractivity contribution in [1.82, 2.24) is 4.98 Å². The van der Waals surface area contributed by atoms with Crippen LogP contribution in [0.1, 0.15) is 67.4 Å². The van der Waals surface area contributed by atoms with Crippen molar-refractivity contribution in [3.05, 3.63) is 223 Å². The molecule has 0 aliphatic carbocycles. The second kappa shape index (κ2) is 15.6. The van der Waals surface area contributed by atoms with Gasteiger partial charge in [-0.3, -0.25) is 4.99 Å². The van der Waals surface area contributed by atoms with Crippen LogP contribution in [0.4, 0.5) is 0 Å². The fourth-order valence-corrected chi connectivity index (χ4v) is 7.83. The van der Waals surface area contributed by atoms with Gasteiger partial charge in [0.15, 0.2) is 0 Å². The van der Waals surface area contributed by atoms with Crippen LogP contribution in [0, 0.1) is 56.3 Å². The van der Waals surface area contributed by atoms with Crippen molar-refractivity contribution >= 4 is 28.1 Å². The molecule has 1 aromatic heterocycles. The maximum atomic E-state index is 5.82. The molecule has 0 saturated heterocycles. The predicted octanol–water partition coefficient (Wildman–Crippen LogP) is 9.94. The Labute approximate surface area is 352 Å². The van der Waals surface area contributed by atoms with E-state index in [1.54, 1.807) is 0 Å². The summed E-state index contributed by atoms with van der Waals surface area (Å²) in [6.45, 7) is 2.07. The third kappa shape index (κ3) is 6.76. The second-order valence-corrected chi connectivity index (χ2v) is 14.0. The zero-order valence-corrected chi connectivity index (χ0v) is 34.7. The molecule has 2 atom stereocenters. The molecule has 5 aromatic rings. The van der Waals surface area contributed by atoms with Crippen molar-refractivity contribution < 1.29 is 19.5 Å². The summed E-state index contributed by atoms with van der Waals surface area (Å²) in [5.74, 6) is 10.8. The number of terminal acetylenes is 4. The third-order valence-electron chi connectivity index (χ3n) is 10.7. The largest absolute Gasteiger partial charge is 2.00 e. The van der Waals surface area contributed by atoms with Crippen molar-refractivity contribution in [1.29, 1.82) is 0 Å². The van der Waals surface area contributed by atoms with Gasteiger partial charge in [-0.15, -0.1) is 42.8 Å². The molecule has 5 heterocycles. The molecule has 0 radical (unpaired) electrons. The normalized spacial score (nSPS) is 21.2. The topological polar surface area (TPSA) is 52.9 Å². The van der Waals surface area contributed by atoms with Crippen molar-refractivity contribution in [2.45, 2.75) is 18.9 Å². The third-order valence-corrected chi connectivity index (χ3v) is 10.7. The Morgan fingerprint density at radius 2 is 1.10 bits per heavy atom. The molecule has 266 valence electrons. The Morgan fingerprint density at radius 3 is 1.72 bits per heavy atom. The summed E-state index contributed by atoms with van der Waals surface area (Å²) in [7, 11) is 0. The average molecular weight is 790 g/mol. The monoisotopic (exact) mass is 788 g/mol. The number of aliphatic imine (C=N–C) groups is 2. The van der Waals surface area contributed by atoms with Crippen molar-refractivity contribution in [3.8, 4) is 49.4 Å². The van der Waals surface area contributed by atoms with E-state index in [1.807, 2.05) is 78.9 Å². The van der Waals surface area contributed by atoms with Crippen LogP contribution in [0.3, 0.4) is 0 Å². The van der Waals surface area contributed by atoms with Gasteiger partial charge < -0.3 is 10.3 Å². The fourth-order valence-electron chi connectivity index (χ4n) is 7.83. The van der Waals surface area contributed by atoms with E-state index in [0.717, 1.165) is 107 Å². The number of aromatic nitrogens is 1. The van der Waals surface area contributed by atoms with Gasteiger partial charge in [-0.2, -0.15) is 0 Å². The van der Waals surface area contributed by atoms with Gasteiger partial charge in [-0.25, -0.2) is 4.99 Å². The van der Waals surface area contributed by atoms with Gasteiger partial charge in [0.2, 0.25) is 0 Å². The molecule has 4 nitrogen and oxygen atoms in total. The number of benzene rings is 4. The van der Waals surface area contributed by atoms with E-state index >= 15 is 0 Å². The number of allylic oxidation sites excluding steroid dienone is 6. The Hall–Kier alpha value is -7.40. The quantitative estimate of drug-likeness (QED) is 0.132. The molecular weight excluding hydrogens is 758 g/mol. The zero-order valence-electron chi connectivity index (χ0n) is 31.7. The van der Waals surface area contributed by atoms with Gasteiger partial charge in [-0.1, -0.05) is 96.5 Å². The summed E-state index contributed by atoms with van der Waals surface area (Å²) in [5.41, 5.74) is 16.4. The van der Waals surface area contributed by atoms with Crippen LogP contribution in [0.2, 0.25) is 0 Å². The van der Waals surface area contributed by atoms with Gasteiger partial charge in [0.1, 0.15) is 0 Å². The number of fused-ring (bicyclic) bond motifs is 6. The Morgan fingerprint density at radius 1 is 0.552 bits per heavy atom. The molecule has 0 saturated carbocycles. The molecule has 5 heteroatoms. The smallest absolute Gasteiger partial charge is 0.677 e. The predicted molar refractivity (Wildman–Crippen MR) is 233 cm³/mol. The summed E-state index contributed by atoms with van der Waals surface area (Å²) in [6.07, 6.45) is 35.7. The molecule has 0 unspecified atom stereocenters. The summed E-state index contributed by atoms with van der Waals surface area (Å²) >= 11 is 0. The van der Waals surface area contributed by atoms with Gasteiger partial charge in [-0.05, 0) is 124 Å². The first-order valence-electron chi connectivity index (χ1n) is 18.5. The van der Waals surface area contributed by atoms with Crippen LogP contribution in [0.15, 0.2) is 167 Å². The zero-order chi connectivity index (χ0) is 39.0. The molecule has 0 amide bonds. The van der Waals surface area contributed by atoms with Crippen LogP contribution in [0.5, 0.6) is 0 Å². The molecule has 4 aromatic carbocycles. The molecule has 0 N–H and O–H groups in total. The van der Waals surface area contributed by atoms with Crippen molar-refractivity contribution in [2.75, 3.05) is 0 Å². The van der Waals surface area contributed by atoms with Crippen LogP contribution in [-0.4, -0.2) is 17.5 Å². The Bertz CT molecular complexity index is 2940. The summed E-state index contributed by atoms with van der Waals surface area (Å²) < 4.78 is 0. The standard InChI is InChI=1S/C53H32N4.Zn/c1-6-34-10-17-38(18-11-34)50-42-24-26-44(54-42)51(39-19-12-35(7-2)13-20-39)46-28-30-48(56-46)53(41-23-16-37(9-4)32-33(41)5)49-31-29-47(57-49)52(45-27-25-43(50)55-45)40-21-14-36(8-3)15-22-40;/h1-4,10-32,44,51H,5H3;/q-2;+2/b50-42-,52-45-,53-48-;/t44-,51+;/m0./s1. The van der Waals surface area contributed by atoms with E-state index in [0.29, 0.717) is 0 Å². The molecule has 4 aliphatic heterocycles.